The molecule has 0 aliphatic carbocycles. The Kier molecular flexibility index (Phi) is 3.34. The van der Waals surface area contributed by atoms with E-state index in [2.05, 4.69) is 10.3 Å². The molecule has 96 valence electrons. The minimum absolute atomic E-state index is 0.0376. The van der Waals surface area contributed by atoms with E-state index in [1.54, 1.807) is 0 Å². The quantitative estimate of drug-likeness (QED) is 0.850. The molecule has 0 aliphatic heterocycles. The molecule has 0 fully saturated rings. The monoisotopic (exact) mass is 282 g/mol. The van der Waals surface area contributed by atoms with Gasteiger partial charge in [-0.2, -0.15) is 0 Å². The number of amides is 1. The molecule has 1 amide bonds. The van der Waals surface area contributed by atoms with Crippen molar-refractivity contribution in [2.24, 2.45) is 5.41 Å². The first kappa shape index (κ1) is 13.3. The predicted molar refractivity (Wildman–Crippen MR) is 77.5 cm³/mol. The van der Waals surface area contributed by atoms with Crippen LogP contribution < -0.4 is 5.32 Å². The Morgan fingerprint density at radius 3 is 2.67 bits per heavy atom. The number of benzene rings is 1. The number of anilines is 1. The van der Waals surface area contributed by atoms with Crippen molar-refractivity contribution in [3.63, 3.8) is 0 Å². The number of hydrogen-bond acceptors (Lipinski definition) is 3. The van der Waals surface area contributed by atoms with Gasteiger partial charge in [-0.1, -0.05) is 43.7 Å². The summed E-state index contributed by atoms with van der Waals surface area (Å²) in [6.45, 7) is 7.57. The van der Waals surface area contributed by atoms with Crippen LogP contribution >= 0.6 is 22.9 Å². The largest absolute Gasteiger partial charge is 0.301 e. The molecule has 2 aromatic rings. The van der Waals surface area contributed by atoms with Crippen molar-refractivity contribution in [2.75, 3.05) is 5.32 Å². The van der Waals surface area contributed by atoms with Gasteiger partial charge in [0.2, 0.25) is 5.91 Å². The number of nitrogens with one attached hydrogen (secondary N) is 1. The maximum Gasteiger partial charge on any atom is 0.231 e. The fourth-order valence-corrected chi connectivity index (χ4v) is 2.49. The average molecular weight is 283 g/mol. The molecule has 3 nitrogen and oxygen atoms in total. The highest BCUT2D eigenvalue weighted by molar-refractivity contribution is 7.22. The fourth-order valence-electron chi connectivity index (χ4n) is 1.39. The lowest BCUT2D eigenvalue weighted by atomic mass is 9.96. The Morgan fingerprint density at radius 2 is 2.06 bits per heavy atom. The lowest BCUT2D eigenvalue weighted by Gasteiger charge is -2.15. The van der Waals surface area contributed by atoms with Crippen LogP contribution in [0.25, 0.3) is 10.2 Å². The summed E-state index contributed by atoms with van der Waals surface area (Å²) in [7, 11) is 0. The van der Waals surface area contributed by atoms with Crippen LogP contribution in [0.4, 0.5) is 5.13 Å². The maximum absolute atomic E-state index is 11.9. The van der Waals surface area contributed by atoms with Gasteiger partial charge in [-0.05, 0) is 24.6 Å². The van der Waals surface area contributed by atoms with Crippen molar-refractivity contribution in [2.45, 2.75) is 27.7 Å². The highest BCUT2D eigenvalue weighted by Crippen LogP contribution is 2.31. The van der Waals surface area contributed by atoms with E-state index in [-0.39, 0.29) is 5.91 Å². The topological polar surface area (TPSA) is 42.0 Å². The molecule has 0 unspecified atom stereocenters. The predicted octanol–water partition coefficient (Wildman–Crippen LogP) is 4.24. The summed E-state index contributed by atoms with van der Waals surface area (Å²) < 4.78 is 1.03. The van der Waals surface area contributed by atoms with Gasteiger partial charge in [0.25, 0.3) is 0 Å². The van der Waals surface area contributed by atoms with Crippen molar-refractivity contribution in [3.05, 3.63) is 22.7 Å². The second-order valence-electron chi connectivity index (χ2n) is 5.29. The number of nitrogens with zero attached hydrogens (tertiary/aromatic N) is 1. The first-order valence-corrected chi connectivity index (χ1v) is 6.85. The van der Waals surface area contributed by atoms with Crippen LogP contribution in [0.2, 0.25) is 5.02 Å². The van der Waals surface area contributed by atoms with Crippen molar-refractivity contribution < 1.29 is 4.79 Å². The number of halogens is 1. The maximum atomic E-state index is 11.9. The molecular formula is C13H15ClN2OS. The number of hydrogen-bond donors (Lipinski definition) is 1. The SMILES string of the molecule is Cc1cc2sc(NC(=O)C(C)(C)C)nc2cc1Cl. The first-order valence-electron chi connectivity index (χ1n) is 5.65. The molecule has 0 spiro atoms. The van der Waals surface area contributed by atoms with Crippen molar-refractivity contribution in [1.29, 1.82) is 0 Å². The van der Waals surface area contributed by atoms with E-state index in [4.69, 9.17) is 11.6 Å². The molecule has 0 saturated heterocycles. The molecule has 5 heteroatoms. The molecule has 1 N–H and O–H groups in total. The zero-order chi connectivity index (χ0) is 13.5. The number of carbonyl (C=O) groups excluding carboxylic acids is 1. The summed E-state index contributed by atoms with van der Waals surface area (Å²) in [6.07, 6.45) is 0. The van der Waals surface area contributed by atoms with E-state index < -0.39 is 5.41 Å². The van der Waals surface area contributed by atoms with E-state index in [1.165, 1.54) is 11.3 Å². The Balaban J connectivity index is 2.34. The van der Waals surface area contributed by atoms with Crippen molar-refractivity contribution >= 4 is 44.2 Å². The van der Waals surface area contributed by atoms with Gasteiger partial charge in [0.1, 0.15) is 0 Å². The first-order chi connectivity index (χ1) is 8.27. The third-order valence-corrected chi connectivity index (χ3v) is 3.91. The van der Waals surface area contributed by atoms with Crippen molar-refractivity contribution in [1.82, 2.24) is 4.98 Å². The zero-order valence-corrected chi connectivity index (χ0v) is 12.4. The van der Waals surface area contributed by atoms with Gasteiger partial charge in [0.15, 0.2) is 5.13 Å². The number of aryl methyl sites for hydroxylation is 1. The summed E-state index contributed by atoms with van der Waals surface area (Å²) in [5.74, 6) is -0.0376. The summed E-state index contributed by atoms with van der Waals surface area (Å²) in [4.78, 5) is 16.2. The van der Waals surface area contributed by atoms with Gasteiger partial charge < -0.3 is 5.32 Å². The number of carbonyl (C=O) groups is 1. The molecule has 0 bridgehead atoms. The van der Waals surface area contributed by atoms with Crippen LogP contribution in [-0.2, 0) is 4.79 Å². The lowest BCUT2D eigenvalue weighted by molar-refractivity contribution is -0.123. The Labute approximate surface area is 115 Å². The highest BCUT2D eigenvalue weighted by atomic mass is 35.5. The summed E-state index contributed by atoms with van der Waals surface area (Å²) in [5, 5.41) is 4.15. The summed E-state index contributed by atoms with van der Waals surface area (Å²) in [6, 6.07) is 3.82. The number of rotatable bonds is 1. The molecule has 0 aliphatic rings. The third kappa shape index (κ3) is 2.65. The fraction of sp³-hybridized carbons (Fsp3) is 0.385. The van der Waals surface area contributed by atoms with Gasteiger partial charge in [-0.25, -0.2) is 4.98 Å². The summed E-state index contributed by atoms with van der Waals surface area (Å²) in [5.41, 5.74) is 1.41. The molecule has 1 heterocycles. The van der Waals surface area contributed by atoms with E-state index in [0.717, 1.165) is 15.8 Å². The Morgan fingerprint density at radius 1 is 1.39 bits per heavy atom. The van der Waals surface area contributed by atoms with Crippen LogP contribution in [0.1, 0.15) is 26.3 Å². The minimum Gasteiger partial charge on any atom is -0.301 e. The van der Waals surface area contributed by atoms with Gasteiger partial charge in [0.05, 0.1) is 10.2 Å². The van der Waals surface area contributed by atoms with Gasteiger partial charge in [0, 0.05) is 10.4 Å². The van der Waals surface area contributed by atoms with E-state index in [0.29, 0.717) is 10.2 Å². The summed E-state index contributed by atoms with van der Waals surface area (Å²) >= 11 is 7.52. The number of aromatic nitrogens is 1. The Bertz CT molecular complexity index is 574. The molecule has 1 aromatic carbocycles. The third-order valence-electron chi connectivity index (χ3n) is 2.57. The molecule has 0 saturated carbocycles. The standard InChI is InChI=1S/C13H15ClN2OS/c1-7-5-10-9(6-8(7)14)15-12(18-10)16-11(17)13(2,3)4/h5-6H,1-4H3,(H,15,16,17). The van der Waals surface area contributed by atoms with Crippen LogP contribution in [0.3, 0.4) is 0 Å². The smallest absolute Gasteiger partial charge is 0.231 e. The van der Waals surface area contributed by atoms with Crippen LogP contribution in [-0.4, -0.2) is 10.9 Å². The van der Waals surface area contributed by atoms with Crippen molar-refractivity contribution in [3.8, 4) is 0 Å². The van der Waals surface area contributed by atoms with E-state index in [1.807, 2.05) is 39.8 Å². The van der Waals surface area contributed by atoms with Gasteiger partial charge in [-0.3, -0.25) is 4.79 Å². The number of thiazole rings is 1. The normalized spacial score (nSPS) is 11.8. The molecule has 0 atom stereocenters. The lowest BCUT2D eigenvalue weighted by Crippen LogP contribution is -2.27. The van der Waals surface area contributed by atoms with Crippen LogP contribution in [0.15, 0.2) is 12.1 Å². The molecule has 0 radical (unpaired) electrons. The molecule has 2 rings (SSSR count). The second-order valence-corrected chi connectivity index (χ2v) is 6.73. The zero-order valence-electron chi connectivity index (χ0n) is 10.8. The highest BCUT2D eigenvalue weighted by Gasteiger charge is 2.22. The molecule has 1 aromatic heterocycles. The average Bonchev–Trinajstić information content (AvgIpc) is 2.59. The van der Waals surface area contributed by atoms with Crippen LogP contribution in [0, 0.1) is 12.3 Å². The van der Waals surface area contributed by atoms with E-state index in [9.17, 15) is 4.79 Å². The molecular weight excluding hydrogens is 268 g/mol. The minimum atomic E-state index is -0.425. The van der Waals surface area contributed by atoms with E-state index >= 15 is 0 Å². The van der Waals surface area contributed by atoms with Gasteiger partial charge >= 0.3 is 0 Å². The van der Waals surface area contributed by atoms with Gasteiger partial charge in [-0.15, -0.1) is 0 Å². The molecule has 18 heavy (non-hydrogen) atoms. The Hall–Kier alpha value is -1.13. The van der Waals surface area contributed by atoms with Crippen LogP contribution in [0.5, 0.6) is 0 Å². The second kappa shape index (κ2) is 4.52. The number of fused-ring (bicyclic) bond motifs is 1.